The monoisotopic (exact) mass is 239 g/mol. The van der Waals surface area contributed by atoms with Crippen molar-refractivity contribution in [2.75, 3.05) is 5.32 Å². The molecule has 2 aromatic rings. The van der Waals surface area contributed by atoms with Gasteiger partial charge in [0.2, 0.25) is 0 Å². The van der Waals surface area contributed by atoms with Crippen LogP contribution in [0.4, 0.5) is 5.69 Å². The van der Waals surface area contributed by atoms with Gasteiger partial charge in [0.15, 0.2) is 0 Å². The van der Waals surface area contributed by atoms with Crippen molar-refractivity contribution < 1.29 is 0 Å². The van der Waals surface area contributed by atoms with Crippen LogP contribution in [0.25, 0.3) is 0 Å². The predicted molar refractivity (Wildman–Crippen MR) is 73.3 cm³/mol. The van der Waals surface area contributed by atoms with Crippen LogP contribution in [-0.2, 0) is 0 Å². The van der Waals surface area contributed by atoms with Crippen LogP contribution in [0.3, 0.4) is 0 Å². The zero-order valence-corrected chi connectivity index (χ0v) is 10.4. The quantitative estimate of drug-likeness (QED) is 0.847. The number of aryl methyl sites for hydroxylation is 1. The number of hydrogen-bond donors (Lipinski definition) is 2. The highest BCUT2D eigenvalue weighted by Crippen LogP contribution is 2.39. The maximum absolute atomic E-state index is 6.17. The fourth-order valence-corrected chi connectivity index (χ4v) is 2.63. The molecule has 3 nitrogen and oxygen atoms in total. The summed E-state index contributed by atoms with van der Waals surface area (Å²) in [5.74, 6) is 0. The van der Waals surface area contributed by atoms with Crippen LogP contribution in [0.15, 0.2) is 42.6 Å². The van der Waals surface area contributed by atoms with Gasteiger partial charge >= 0.3 is 0 Å². The van der Waals surface area contributed by atoms with Gasteiger partial charge in [-0.15, -0.1) is 0 Å². The number of anilines is 1. The lowest BCUT2D eigenvalue weighted by atomic mass is 10.1. The first kappa shape index (κ1) is 11.2. The van der Waals surface area contributed by atoms with Crippen LogP contribution in [0.1, 0.15) is 35.3 Å². The van der Waals surface area contributed by atoms with Crippen molar-refractivity contribution in [1.82, 2.24) is 4.98 Å². The van der Waals surface area contributed by atoms with Gasteiger partial charge in [0.25, 0.3) is 0 Å². The van der Waals surface area contributed by atoms with Crippen molar-refractivity contribution in [3.8, 4) is 0 Å². The van der Waals surface area contributed by atoms with E-state index in [9.17, 15) is 0 Å². The highest BCUT2D eigenvalue weighted by molar-refractivity contribution is 5.51. The van der Waals surface area contributed by atoms with Crippen molar-refractivity contribution >= 4 is 5.69 Å². The molecule has 1 heterocycles. The van der Waals surface area contributed by atoms with Gasteiger partial charge in [-0.1, -0.05) is 24.3 Å². The molecule has 2 atom stereocenters. The molecule has 0 radical (unpaired) electrons. The minimum atomic E-state index is 0.135. The molecule has 18 heavy (non-hydrogen) atoms. The number of fused-ring (bicyclic) bond motifs is 1. The first-order chi connectivity index (χ1) is 8.75. The second-order valence-electron chi connectivity index (χ2n) is 4.80. The summed E-state index contributed by atoms with van der Waals surface area (Å²) in [7, 11) is 0. The summed E-state index contributed by atoms with van der Waals surface area (Å²) in [6, 6.07) is 12.8. The Morgan fingerprint density at radius 3 is 2.72 bits per heavy atom. The van der Waals surface area contributed by atoms with Gasteiger partial charge in [-0.2, -0.15) is 0 Å². The fourth-order valence-electron chi connectivity index (χ4n) is 2.63. The number of pyridine rings is 1. The summed E-state index contributed by atoms with van der Waals surface area (Å²) in [4.78, 5) is 4.30. The lowest BCUT2D eigenvalue weighted by Gasteiger charge is -2.16. The molecule has 0 aliphatic heterocycles. The molecule has 1 aromatic heterocycles. The summed E-state index contributed by atoms with van der Waals surface area (Å²) in [5, 5.41) is 3.55. The molecule has 2 unspecified atom stereocenters. The van der Waals surface area contributed by atoms with Gasteiger partial charge < -0.3 is 11.1 Å². The fraction of sp³-hybridized carbons (Fsp3) is 0.267. The smallest absolute Gasteiger partial charge is 0.0603 e. The Morgan fingerprint density at radius 1 is 1.17 bits per heavy atom. The van der Waals surface area contributed by atoms with Crippen LogP contribution in [0, 0.1) is 6.92 Å². The first-order valence-electron chi connectivity index (χ1n) is 6.28. The Kier molecular flexibility index (Phi) is 2.76. The summed E-state index contributed by atoms with van der Waals surface area (Å²) < 4.78 is 0. The lowest BCUT2D eigenvalue weighted by Crippen LogP contribution is -2.10. The molecule has 92 valence electrons. The standard InChI is InChI=1S/C15H17N3/c1-10-14(7-4-8-17-10)18-15-9-13(16)11-5-2-3-6-12(11)15/h2-8,13,15,18H,9,16H2,1H3. The molecule has 1 aliphatic rings. The lowest BCUT2D eigenvalue weighted by molar-refractivity contribution is 0.648. The van der Waals surface area contributed by atoms with Crippen LogP contribution in [0.2, 0.25) is 0 Å². The van der Waals surface area contributed by atoms with E-state index >= 15 is 0 Å². The summed E-state index contributed by atoms with van der Waals surface area (Å²) >= 11 is 0. The van der Waals surface area contributed by atoms with E-state index in [0.29, 0.717) is 6.04 Å². The van der Waals surface area contributed by atoms with E-state index in [0.717, 1.165) is 17.8 Å². The molecule has 0 amide bonds. The third-order valence-corrected chi connectivity index (χ3v) is 3.60. The Hall–Kier alpha value is -1.87. The van der Waals surface area contributed by atoms with E-state index < -0.39 is 0 Å². The van der Waals surface area contributed by atoms with E-state index in [2.05, 4.69) is 40.6 Å². The molecule has 0 saturated carbocycles. The number of hydrogen-bond acceptors (Lipinski definition) is 3. The van der Waals surface area contributed by atoms with Crippen molar-refractivity contribution in [2.24, 2.45) is 5.73 Å². The second-order valence-corrected chi connectivity index (χ2v) is 4.80. The van der Waals surface area contributed by atoms with Crippen molar-refractivity contribution in [2.45, 2.75) is 25.4 Å². The van der Waals surface area contributed by atoms with Crippen LogP contribution >= 0.6 is 0 Å². The van der Waals surface area contributed by atoms with Crippen molar-refractivity contribution in [3.05, 3.63) is 59.4 Å². The normalized spacial score (nSPS) is 21.7. The third kappa shape index (κ3) is 1.87. The minimum absolute atomic E-state index is 0.135. The largest absolute Gasteiger partial charge is 0.377 e. The zero-order valence-electron chi connectivity index (χ0n) is 10.4. The minimum Gasteiger partial charge on any atom is -0.377 e. The average Bonchev–Trinajstić information content (AvgIpc) is 2.70. The molecule has 0 fully saturated rings. The summed E-state index contributed by atoms with van der Waals surface area (Å²) in [6.07, 6.45) is 2.75. The average molecular weight is 239 g/mol. The van der Waals surface area contributed by atoms with E-state index in [-0.39, 0.29) is 6.04 Å². The van der Waals surface area contributed by atoms with Crippen molar-refractivity contribution in [3.63, 3.8) is 0 Å². The Bertz CT molecular complexity index is 565. The Morgan fingerprint density at radius 2 is 1.94 bits per heavy atom. The molecule has 0 bridgehead atoms. The van der Waals surface area contributed by atoms with E-state index in [1.807, 2.05) is 19.2 Å². The van der Waals surface area contributed by atoms with Gasteiger partial charge in [-0.3, -0.25) is 4.98 Å². The van der Waals surface area contributed by atoms with Gasteiger partial charge in [0.05, 0.1) is 17.4 Å². The SMILES string of the molecule is Cc1ncccc1NC1CC(N)c2ccccc21. The molecule has 0 spiro atoms. The molecule has 3 heteroatoms. The molecule has 1 aromatic carbocycles. The zero-order chi connectivity index (χ0) is 12.5. The third-order valence-electron chi connectivity index (χ3n) is 3.60. The van der Waals surface area contributed by atoms with Crippen molar-refractivity contribution in [1.29, 1.82) is 0 Å². The maximum atomic E-state index is 6.17. The number of nitrogens with two attached hydrogens (primary N) is 1. The Balaban J connectivity index is 1.90. The first-order valence-corrected chi connectivity index (χ1v) is 6.28. The van der Waals surface area contributed by atoms with Gasteiger partial charge in [0.1, 0.15) is 0 Å². The summed E-state index contributed by atoms with van der Waals surface area (Å²) in [6.45, 7) is 2.02. The van der Waals surface area contributed by atoms with E-state index in [4.69, 9.17) is 5.73 Å². The number of nitrogens with zero attached hydrogens (tertiary/aromatic N) is 1. The number of benzene rings is 1. The number of aromatic nitrogens is 1. The Labute approximate surface area is 107 Å². The molecule has 3 rings (SSSR count). The number of rotatable bonds is 2. The topological polar surface area (TPSA) is 50.9 Å². The highest BCUT2D eigenvalue weighted by Gasteiger charge is 2.28. The molecular formula is C15H17N3. The molecule has 0 saturated heterocycles. The van der Waals surface area contributed by atoms with Gasteiger partial charge in [0, 0.05) is 12.2 Å². The summed E-state index contributed by atoms with van der Waals surface area (Å²) in [5.41, 5.74) is 10.9. The highest BCUT2D eigenvalue weighted by atomic mass is 15.0. The van der Waals surface area contributed by atoms with Crippen LogP contribution in [-0.4, -0.2) is 4.98 Å². The van der Waals surface area contributed by atoms with E-state index in [1.54, 1.807) is 0 Å². The van der Waals surface area contributed by atoms with Crippen LogP contribution < -0.4 is 11.1 Å². The van der Waals surface area contributed by atoms with E-state index in [1.165, 1.54) is 11.1 Å². The number of nitrogens with one attached hydrogen (secondary N) is 1. The molecule has 1 aliphatic carbocycles. The van der Waals surface area contributed by atoms with Crippen LogP contribution in [0.5, 0.6) is 0 Å². The molecule has 3 N–H and O–H groups in total. The predicted octanol–water partition coefficient (Wildman–Crippen LogP) is 2.95. The maximum Gasteiger partial charge on any atom is 0.0603 e. The second kappa shape index (κ2) is 4.42. The molecular weight excluding hydrogens is 222 g/mol. The van der Waals surface area contributed by atoms with Gasteiger partial charge in [-0.25, -0.2) is 0 Å². The van der Waals surface area contributed by atoms with Gasteiger partial charge in [-0.05, 0) is 36.6 Å².